The Kier molecular flexibility index (Phi) is 27.6. The van der Waals surface area contributed by atoms with Gasteiger partial charge in [0.15, 0.2) is 17.3 Å². The molecule has 0 atom stereocenters. The van der Waals surface area contributed by atoms with Gasteiger partial charge in [0.25, 0.3) is 17.7 Å². The van der Waals surface area contributed by atoms with Gasteiger partial charge in [0, 0.05) is 70.1 Å². The lowest BCUT2D eigenvalue weighted by Crippen LogP contribution is -2.43. The number of carbonyl (C=O) groups excluding carboxylic acids is 9. The van der Waals surface area contributed by atoms with E-state index >= 15 is 0 Å². The van der Waals surface area contributed by atoms with Crippen molar-refractivity contribution >= 4 is 161 Å². The molecule has 3 aromatic carbocycles. The number of nitrogens with two attached hydrogens (primary N) is 1. The zero-order chi connectivity index (χ0) is 78.0. The van der Waals surface area contributed by atoms with E-state index in [1.807, 2.05) is 125 Å². The van der Waals surface area contributed by atoms with Crippen molar-refractivity contribution in [1.82, 2.24) is 43.8 Å². The highest BCUT2D eigenvalue weighted by Crippen LogP contribution is 2.58. The number of aromatic nitrogens is 6. The molecule has 9 heterocycles. The number of amides is 5. The average Bonchev–Trinajstić information content (AvgIpc) is 1.58. The number of hydrogen-bond acceptors (Lipinski definition) is 18. The monoisotopic (exact) mass is 1590 g/mol. The molecule has 3 saturated heterocycles. The van der Waals surface area contributed by atoms with Gasteiger partial charge >= 0.3 is 6.09 Å². The molecule has 23 nitrogen and oxygen atoms in total. The first-order valence-corrected chi connectivity index (χ1v) is 40.5. The van der Waals surface area contributed by atoms with Crippen LogP contribution < -0.4 is 27.0 Å². The number of rotatable bonds is 20. The fraction of sp³-hybridized carbons (Fsp3) is 0.439. The summed E-state index contributed by atoms with van der Waals surface area (Å²) in [5, 5.41) is 12.0. The first-order chi connectivity index (χ1) is 52.3. The number of hydrogen-bond donors (Lipinski definition) is 5. The van der Waals surface area contributed by atoms with Crippen LogP contribution in [0.2, 0.25) is 0 Å². The number of halogens is 2. The van der Waals surface area contributed by atoms with Crippen molar-refractivity contribution in [2.75, 3.05) is 61.8 Å². The fourth-order valence-corrected chi connectivity index (χ4v) is 18.3. The summed E-state index contributed by atoms with van der Waals surface area (Å²) in [5.74, 6) is 1.15. The minimum Gasteiger partial charge on any atom is -0.444 e. The van der Waals surface area contributed by atoms with Crippen LogP contribution in [0.5, 0.6) is 0 Å². The number of anilines is 3. The number of para-hydroxylation sites is 6. The molecule has 3 spiro atoms. The van der Waals surface area contributed by atoms with Gasteiger partial charge in [0.1, 0.15) is 5.60 Å². The fourth-order valence-electron chi connectivity index (χ4n) is 15.7. The van der Waals surface area contributed by atoms with Crippen LogP contribution in [0.15, 0.2) is 135 Å². The molecule has 0 radical (unpaired) electrons. The summed E-state index contributed by atoms with van der Waals surface area (Å²) in [5.41, 5.74) is 10.5. The summed E-state index contributed by atoms with van der Waals surface area (Å²) in [7, 11) is 0. The third kappa shape index (κ3) is 19.3. The van der Waals surface area contributed by atoms with E-state index in [1.54, 1.807) is 36.4 Å². The number of ketones is 3. The second-order valence-electron chi connectivity index (χ2n) is 30.2. The Balaban J connectivity index is 0.000000167. The van der Waals surface area contributed by atoms with Crippen molar-refractivity contribution in [2.45, 2.75) is 169 Å². The molecule has 0 bridgehead atoms. The second kappa shape index (κ2) is 36.4. The van der Waals surface area contributed by atoms with Crippen LogP contribution in [0, 0.1) is 16.2 Å². The van der Waals surface area contributed by atoms with Crippen LogP contribution in [0.3, 0.4) is 0 Å². The molecule has 110 heavy (non-hydrogen) atoms. The van der Waals surface area contributed by atoms with Gasteiger partial charge in [-0.15, -0.1) is 46.4 Å². The molecule has 5 amide bonds. The minimum absolute atomic E-state index is 0. The van der Waals surface area contributed by atoms with E-state index in [2.05, 4.69) is 54.2 Å². The summed E-state index contributed by atoms with van der Waals surface area (Å²) in [4.78, 5) is 131. The zero-order valence-corrected chi connectivity index (χ0v) is 67.5. The van der Waals surface area contributed by atoms with E-state index in [9.17, 15) is 43.2 Å². The van der Waals surface area contributed by atoms with Crippen LogP contribution in [-0.2, 0) is 14.3 Å². The van der Waals surface area contributed by atoms with Crippen molar-refractivity contribution in [1.29, 1.82) is 0 Å². The number of nitrogens with one attached hydrogen (secondary N) is 4. The number of nitrogens with zero attached hydrogens (tertiary/aromatic N) is 8. The molecule has 6 aliphatic rings. The number of imidazole rings is 3. The molecule has 3 saturated carbocycles. The molecular weight excluding hydrogens is 1490 g/mol. The van der Waals surface area contributed by atoms with E-state index in [-0.39, 0.29) is 82.4 Å². The van der Waals surface area contributed by atoms with Crippen molar-refractivity contribution in [3.05, 3.63) is 164 Å². The Labute approximate surface area is 664 Å². The van der Waals surface area contributed by atoms with Crippen molar-refractivity contribution < 1.29 is 47.9 Å². The van der Waals surface area contributed by atoms with Gasteiger partial charge in [0.05, 0.1) is 62.4 Å². The highest BCUT2D eigenvalue weighted by Gasteiger charge is 2.53. The molecule has 3 aliphatic heterocycles. The van der Waals surface area contributed by atoms with Gasteiger partial charge in [0.2, 0.25) is 29.0 Å². The lowest BCUT2D eigenvalue weighted by molar-refractivity contribution is -0.125. The van der Waals surface area contributed by atoms with Gasteiger partial charge < -0.3 is 39.3 Å². The zero-order valence-electron chi connectivity index (χ0n) is 63.5. The number of likely N-dealkylation sites (tertiary alicyclic amines) is 2. The highest BCUT2D eigenvalue weighted by atomic mass is 35.5. The number of carbonyl (C=O) groups is 9. The lowest BCUT2D eigenvalue weighted by atomic mass is 9.64. The Morgan fingerprint density at radius 2 is 0.855 bits per heavy atom. The summed E-state index contributed by atoms with van der Waals surface area (Å²) in [6.07, 6.45) is 15.1. The molecule has 3 aliphatic carbocycles. The normalized spacial score (nSPS) is 20.6. The number of allylic oxidation sites excluding steroid dienone is 1. The van der Waals surface area contributed by atoms with E-state index < -0.39 is 10.8 Å². The largest absolute Gasteiger partial charge is 0.444 e. The third-order valence-corrected chi connectivity index (χ3v) is 24.4. The third-order valence-electron chi connectivity index (χ3n) is 20.8. The maximum absolute atomic E-state index is 13.1. The predicted molar refractivity (Wildman–Crippen MR) is 440 cm³/mol. The molecule has 6 fully saturated rings. The first kappa shape index (κ1) is 83.5. The predicted octanol–water partition coefficient (Wildman–Crippen LogP) is 17.3. The smallest absolute Gasteiger partial charge is 0.410 e. The van der Waals surface area contributed by atoms with Gasteiger partial charge in [-0.1, -0.05) is 77.3 Å². The second-order valence-corrected chi connectivity index (χ2v) is 33.8. The van der Waals surface area contributed by atoms with Crippen molar-refractivity contribution in [3.8, 4) is 0 Å². The minimum atomic E-state index is -0.509. The molecular formula is C82H99Cl2N13O10S3. The van der Waals surface area contributed by atoms with E-state index in [0.717, 1.165) is 143 Å². The standard InChI is InChI=1S/C28H34N4O4S.C26H28N4O3S.C23H26N4O2S.C3H3ClO.C2H7N.ClH/c1-5-8-21(33)22-11-12-23(37-22)24(34)30-25-29-19-9-6-7-10-20(19)32(25)18-15-28(16-18)13-14-31(17-28)26(35)36-27(2,3)4;1-3-7-20(31)21-10-11-22(34-21)24(33)28-25-27-18-8-5-6-9-19(18)30(25)17-14-26(15-17)12-13-29(16-26)23(32)4-2;1-2-5-18(28)19-8-9-20(30-19)21(29)26-22-25-16-6-3-4-7-17(16)27(22)15-12-23(13-15)10-11-24-14-23;1-2-3(4)5;1-2-3;/h6-7,9-12,18H,5,8,13-17H2,1-4H3,(H,29,30,34);4-6,8-11,17H,2-3,7,12-16H2,1H3,(H,27,28,33);3-4,6-9,15,24H,2,5,10-14H2,1H3,(H,25,26,29);2H,1H2;2-3H2,1H3;1H. The van der Waals surface area contributed by atoms with Crippen LogP contribution in [0.1, 0.15) is 221 Å². The Morgan fingerprint density at radius 3 is 1.17 bits per heavy atom. The Morgan fingerprint density at radius 1 is 0.527 bits per heavy atom. The van der Waals surface area contributed by atoms with Crippen LogP contribution >= 0.6 is 58.0 Å². The molecule has 6 aromatic heterocycles. The van der Waals surface area contributed by atoms with Gasteiger partial charge in [-0.25, -0.2) is 19.7 Å². The number of Topliss-reactive ketones (excluding diaryl/α,β-unsaturated/α-hetero) is 3. The van der Waals surface area contributed by atoms with Crippen molar-refractivity contribution in [3.63, 3.8) is 0 Å². The SMILES string of the molecule is C=CC(=O)Cl.C=CC(=O)N1CCC2(CC(n3c(NC(=O)c4ccc(C(=O)CCC)s4)nc4ccccc43)C2)C1.CCCC(=O)c1ccc(C(=O)Nc2nc3ccccc3n2C2CC3(CCN(C(=O)OC(C)(C)C)C3)C2)s1.CCCC(=O)c1ccc(C(=O)Nc2nc3ccccc3n2C2CC3(CCNC3)C2)s1.CCN.Cl. The van der Waals surface area contributed by atoms with Crippen LogP contribution in [0.25, 0.3) is 33.1 Å². The Hall–Kier alpha value is -9.02. The van der Waals surface area contributed by atoms with Gasteiger partial charge in [-0.2, -0.15) is 0 Å². The van der Waals surface area contributed by atoms with Crippen LogP contribution in [-0.4, -0.2) is 142 Å². The summed E-state index contributed by atoms with van der Waals surface area (Å²) in [6.45, 7) is 26.0. The maximum Gasteiger partial charge on any atom is 0.410 e. The van der Waals surface area contributed by atoms with Crippen molar-refractivity contribution in [2.24, 2.45) is 22.0 Å². The maximum atomic E-state index is 13.1. The lowest BCUT2D eigenvalue weighted by Gasteiger charge is -2.46. The number of benzene rings is 3. The molecule has 6 N–H and O–H groups in total. The number of thiophene rings is 3. The molecule has 584 valence electrons. The molecule has 9 aromatic rings. The molecule has 28 heteroatoms. The van der Waals surface area contributed by atoms with E-state index in [1.165, 1.54) is 46.5 Å². The first-order valence-electron chi connectivity index (χ1n) is 37.6. The Bertz CT molecular complexity index is 4860. The number of fused-ring (bicyclic) bond motifs is 3. The summed E-state index contributed by atoms with van der Waals surface area (Å²) in [6, 6.07) is 34.9. The average molecular weight is 1590 g/mol. The topological polar surface area (TPSA) is 297 Å². The van der Waals surface area contributed by atoms with Gasteiger partial charge in [-0.05, 0) is 224 Å². The van der Waals surface area contributed by atoms with E-state index in [0.29, 0.717) is 90.9 Å². The van der Waals surface area contributed by atoms with Crippen LogP contribution in [0.4, 0.5) is 22.6 Å². The molecule has 15 rings (SSSR count). The quantitative estimate of drug-likeness (QED) is 0.0269. The summed E-state index contributed by atoms with van der Waals surface area (Å²) >= 11 is 8.41. The van der Waals surface area contributed by atoms with Gasteiger partial charge in [-0.3, -0.25) is 54.3 Å². The molecule has 0 unspecified atom stereocenters. The highest BCUT2D eigenvalue weighted by molar-refractivity contribution is 7.16. The number of ether oxygens (including phenoxy) is 1. The van der Waals surface area contributed by atoms with E-state index in [4.69, 9.17) is 37.0 Å². The summed E-state index contributed by atoms with van der Waals surface area (Å²) < 4.78 is 12.0.